The van der Waals surface area contributed by atoms with Crippen LogP contribution >= 0.6 is 0 Å². The van der Waals surface area contributed by atoms with Crippen molar-refractivity contribution in [2.24, 2.45) is 5.92 Å². The zero-order chi connectivity index (χ0) is 17.4. The molecule has 0 spiro atoms. The first-order chi connectivity index (χ1) is 11.4. The van der Waals surface area contributed by atoms with Gasteiger partial charge in [-0.1, -0.05) is 13.8 Å². The Morgan fingerprint density at radius 2 is 2.12 bits per heavy atom. The summed E-state index contributed by atoms with van der Waals surface area (Å²) in [7, 11) is 4.09. The molecule has 0 N–H and O–H groups in total. The molecule has 3 atom stereocenters. The number of rotatable bonds is 4. The lowest BCUT2D eigenvalue weighted by Gasteiger charge is -2.43. The predicted octanol–water partition coefficient (Wildman–Crippen LogP) is 1.68. The van der Waals surface area contributed by atoms with E-state index in [1.54, 1.807) is 17.0 Å². The Hall–Kier alpha value is -1.82. The minimum Gasteiger partial charge on any atom is -0.459 e. The maximum absolute atomic E-state index is 13.1. The second-order valence-corrected chi connectivity index (χ2v) is 7.58. The molecular formula is C18H27N3O3. The van der Waals surface area contributed by atoms with Crippen LogP contribution in [0.4, 0.5) is 0 Å². The van der Waals surface area contributed by atoms with Crippen LogP contribution in [0.1, 0.15) is 37.2 Å². The van der Waals surface area contributed by atoms with E-state index in [4.69, 9.17) is 4.42 Å². The van der Waals surface area contributed by atoms with Crippen molar-refractivity contribution in [2.45, 2.75) is 44.8 Å². The number of hydrogen-bond donors (Lipinski definition) is 0. The second kappa shape index (κ2) is 6.59. The maximum Gasteiger partial charge on any atom is 0.290 e. The molecular weight excluding hydrogens is 306 g/mol. The molecule has 0 aliphatic carbocycles. The van der Waals surface area contributed by atoms with Crippen molar-refractivity contribution in [2.75, 3.05) is 27.2 Å². The summed E-state index contributed by atoms with van der Waals surface area (Å²) in [4.78, 5) is 31.8. The number of hydrogen-bond acceptors (Lipinski definition) is 4. The SMILES string of the molecule is CC(C)C[C@H]1C(=O)N2C[C@@H](N(C)C)C[C@H]2CN1C(=O)c1ccco1. The lowest BCUT2D eigenvalue weighted by atomic mass is 9.97. The highest BCUT2D eigenvalue weighted by Gasteiger charge is 2.47. The molecule has 3 heterocycles. The van der Waals surface area contributed by atoms with Gasteiger partial charge in [-0.2, -0.15) is 0 Å². The van der Waals surface area contributed by atoms with Gasteiger partial charge in [-0.3, -0.25) is 9.59 Å². The summed E-state index contributed by atoms with van der Waals surface area (Å²) in [6, 6.07) is 3.45. The summed E-state index contributed by atoms with van der Waals surface area (Å²) < 4.78 is 5.28. The van der Waals surface area contributed by atoms with Crippen molar-refractivity contribution in [1.29, 1.82) is 0 Å². The number of furan rings is 1. The Morgan fingerprint density at radius 1 is 1.38 bits per heavy atom. The van der Waals surface area contributed by atoms with E-state index in [2.05, 4.69) is 18.7 Å². The van der Waals surface area contributed by atoms with E-state index in [0.717, 1.165) is 13.0 Å². The third-order valence-corrected chi connectivity index (χ3v) is 5.16. The normalized spacial score (nSPS) is 27.2. The lowest BCUT2D eigenvalue weighted by Crippen LogP contribution is -2.61. The molecule has 0 aromatic carbocycles. The maximum atomic E-state index is 13.1. The number of carbonyl (C=O) groups is 2. The van der Waals surface area contributed by atoms with Gasteiger partial charge in [-0.25, -0.2) is 0 Å². The topological polar surface area (TPSA) is 57.0 Å². The zero-order valence-electron chi connectivity index (χ0n) is 14.9. The van der Waals surface area contributed by atoms with Crippen LogP contribution in [-0.4, -0.2) is 71.8 Å². The van der Waals surface area contributed by atoms with E-state index in [-0.39, 0.29) is 23.9 Å². The van der Waals surface area contributed by atoms with Crippen LogP contribution in [-0.2, 0) is 4.79 Å². The second-order valence-electron chi connectivity index (χ2n) is 7.58. The molecule has 0 radical (unpaired) electrons. The number of likely N-dealkylation sites (N-methyl/N-ethyl adjacent to an activating group) is 1. The van der Waals surface area contributed by atoms with E-state index in [1.165, 1.54) is 6.26 Å². The quantitative estimate of drug-likeness (QED) is 0.841. The fourth-order valence-corrected chi connectivity index (χ4v) is 3.83. The van der Waals surface area contributed by atoms with Crippen LogP contribution in [0.5, 0.6) is 0 Å². The molecule has 2 fully saturated rings. The fraction of sp³-hybridized carbons (Fsp3) is 0.667. The fourth-order valence-electron chi connectivity index (χ4n) is 3.83. The predicted molar refractivity (Wildman–Crippen MR) is 90.6 cm³/mol. The van der Waals surface area contributed by atoms with E-state index < -0.39 is 0 Å². The number of fused-ring (bicyclic) bond motifs is 1. The third kappa shape index (κ3) is 3.07. The first-order valence-electron chi connectivity index (χ1n) is 8.69. The molecule has 2 saturated heterocycles. The van der Waals surface area contributed by atoms with Crippen molar-refractivity contribution in [1.82, 2.24) is 14.7 Å². The molecule has 1 aromatic heterocycles. The van der Waals surface area contributed by atoms with Gasteiger partial charge < -0.3 is 19.1 Å². The smallest absolute Gasteiger partial charge is 0.290 e. The molecule has 3 rings (SSSR count). The molecule has 2 aliphatic heterocycles. The van der Waals surface area contributed by atoms with Crippen LogP contribution in [0.15, 0.2) is 22.8 Å². The summed E-state index contributed by atoms with van der Waals surface area (Å²) in [5.74, 6) is 0.568. The number of amides is 2. The summed E-state index contributed by atoms with van der Waals surface area (Å²) in [5.41, 5.74) is 0. The Labute approximate surface area is 143 Å². The monoisotopic (exact) mass is 333 g/mol. The first-order valence-corrected chi connectivity index (χ1v) is 8.69. The molecule has 6 heteroatoms. The Morgan fingerprint density at radius 3 is 2.71 bits per heavy atom. The van der Waals surface area contributed by atoms with Crippen LogP contribution in [0.3, 0.4) is 0 Å². The molecule has 132 valence electrons. The van der Waals surface area contributed by atoms with E-state index in [9.17, 15) is 9.59 Å². The number of carbonyl (C=O) groups excluding carboxylic acids is 2. The van der Waals surface area contributed by atoms with Crippen molar-refractivity contribution in [3.8, 4) is 0 Å². The van der Waals surface area contributed by atoms with Crippen LogP contribution in [0.25, 0.3) is 0 Å². The molecule has 24 heavy (non-hydrogen) atoms. The van der Waals surface area contributed by atoms with Crippen molar-refractivity contribution < 1.29 is 14.0 Å². The Kier molecular flexibility index (Phi) is 4.67. The van der Waals surface area contributed by atoms with E-state index in [0.29, 0.717) is 30.7 Å². The van der Waals surface area contributed by atoms with Crippen molar-refractivity contribution >= 4 is 11.8 Å². The minimum absolute atomic E-state index is 0.0872. The zero-order valence-corrected chi connectivity index (χ0v) is 14.9. The average Bonchev–Trinajstić information content (AvgIpc) is 3.17. The minimum atomic E-state index is -0.389. The van der Waals surface area contributed by atoms with Gasteiger partial charge in [0.2, 0.25) is 5.91 Å². The summed E-state index contributed by atoms with van der Waals surface area (Å²) in [5, 5.41) is 0. The third-order valence-electron chi connectivity index (χ3n) is 5.16. The standard InChI is InChI=1S/C18H27N3O3/c1-12(2)8-15-17(22)20-10-13(19(3)4)9-14(20)11-21(15)18(23)16-6-5-7-24-16/h5-7,12-15H,8-11H2,1-4H3/t13-,14-,15-/m0/s1. The van der Waals surface area contributed by atoms with Gasteiger partial charge in [0.25, 0.3) is 5.91 Å². The Bertz CT molecular complexity index is 597. The highest BCUT2D eigenvalue weighted by Crippen LogP contribution is 2.31. The molecule has 0 bridgehead atoms. The molecule has 2 aliphatic rings. The van der Waals surface area contributed by atoms with Gasteiger partial charge in [-0.15, -0.1) is 0 Å². The van der Waals surface area contributed by atoms with Gasteiger partial charge in [0.05, 0.1) is 12.3 Å². The summed E-state index contributed by atoms with van der Waals surface area (Å²) >= 11 is 0. The van der Waals surface area contributed by atoms with Gasteiger partial charge in [0.1, 0.15) is 6.04 Å². The summed E-state index contributed by atoms with van der Waals surface area (Å²) in [6.45, 7) is 5.52. The average molecular weight is 333 g/mol. The molecule has 0 saturated carbocycles. The molecule has 1 aromatic rings. The van der Waals surface area contributed by atoms with Gasteiger partial charge in [0.15, 0.2) is 5.76 Å². The highest BCUT2D eigenvalue weighted by atomic mass is 16.3. The van der Waals surface area contributed by atoms with Gasteiger partial charge >= 0.3 is 0 Å². The summed E-state index contributed by atoms with van der Waals surface area (Å²) in [6.07, 6.45) is 3.09. The Balaban J connectivity index is 1.86. The van der Waals surface area contributed by atoms with Crippen molar-refractivity contribution in [3.63, 3.8) is 0 Å². The van der Waals surface area contributed by atoms with Gasteiger partial charge in [0, 0.05) is 19.1 Å². The van der Waals surface area contributed by atoms with Crippen LogP contribution in [0.2, 0.25) is 0 Å². The number of nitrogens with zero attached hydrogens (tertiary/aromatic N) is 3. The van der Waals surface area contributed by atoms with E-state index in [1.807, 2.05) is 19.0 Å². The first kappa shape index (κ1) is 17.0. The molecule has 2 amide bonds. The van der Waals surface area contributed by atoms with Gasteiger partial charge in [-0.05, 0) is 45.0 Å². The molecule has 0 unspecified atom stereocenters. The lowest BCUT2D eigenvalue weighted by molar-refractivity contribution is -0.142. The van der Waals surface area contributed by atoms with Crippen molar-refractivity contribution in [3.05, 3.63) is 24.2 Å². The number of piperazine rings is 1. The van der Waals surface area contributed by atoms with E-state index >= 15 is 0 Å². The largest absolute Gasteiger partial charge is 0.459 e. The van der Waals surface area contributed by atoms with Crippen LogP contribution in [0, 0.1) is 5.92 Å². The van der Waals surface area contributed by atoms with Crippen LogP contribution < -0.4 is 0 Å². The molecule has 6 nitrogen and oxygen atoms in total. The highest BCUT2D eigenvalue weighted by molar-refractivity contribution is 5.96.